The Morgan fingerprint density at radius 1 is 0.357 bits per heavy atom. The standard InChI is InChI=1S/C39H42O3/c1-37(2,3)31-19-25-13-15-27-21-32(38(4,5)6)23-29(35(27)41-11)17-18-30-24-33(39(7,8)9)22-28(36(30)42-12)16-14-26(20-31)34(25)40-10/h19-24H,1-12H3. The van der Waals surface area contributed by atoms with Crippen LogP contribution in [0.2, 0.25) is 0 Å². The van der Waals surface area contributed by atoms with E-state index < -0.39 is 0 Å². The molecule has 0 saturated carbocycles. The molecule has 0 unspecified atom stereocenters. The van der Waals surface area contributed by atoms with Crippen LogP contribution in [0.25, 0.3) is 0 Å². The predicted molar refractivity (Wildman–Crippen MR) is 173 cm³/mol. The van der Waals surface area contributed by atoms with E-state index in [9.17, 15) is 0 Å². The molecule has 0 atom stereocenters. The fourth-order valence-electron chi connectivity index (χ4n) is 4.81. The maximum Gasteiger partial charge on any atom is 0.150 e. The van der Waals surface area contributed by atoms with Crippen LogP contribution in [0, 0.1) is 35.5 Å². The molecule has 0 aromatic heterocycles. The molecular weight excluding hydrogens is 516 g/mol. The molecule has 6 bridgehead atoms. The van der Waals surface area contributed by atoms with Gasteiger partial charge in [0.2, 0.25) is 0 Å². The van der Waals surface area contributed by atoms with Crippen molar-refractivity contribution in [1.29, 1.82) is 0 Å². The lowest BCUT2D eigenvalue weighted by atomic mass is 9.84. The summed E-state index contributed by atoms with van der Waals surface area (Å²) in [7, 11) is 5.01. The molecule has 3 nitrogen and oxygen atoms in total. The normalized spacial score (nSPS) is 12.3. The molecule has 1 aliphatic rings. The minimum Gasteiger partial charge on any atom is -0.494 e. The lowest BCUT2D eigenvalue weighted by Gasteiger charge is -2.21. The second kappa shape index (κ2) is 11.2. The molecule has 3 aromatic carbocycles. The highest BCUT2D eigenvalue weighted by atomic mass is 16.5. The maximum absolute atomic E-state index is 5.96. The summed E-state index contributed by atoms with van der Waals surface area (Å²) in [6.07, 6.45) is 0. The van der Waals surface area contributed by atoms with Crippen molar-refractivity contribution in [1.82, 2.24) is 0 Å². The van der Waals surface area contributed by atoms with Gasteiger partial charge in [-0.25, -0.2) is 0 Å². The molecular formula is C39H42O3. The topological polar surface area (TPSA) is 27.7 Å². The summed E-state index contributed by atoms with van der Waals surface area (Å²) >= 11 is 0. The average Bonchev–Trinajstić information content (AvgIpc) is 2.90. The molecule has 0 N–H and O–H groups in total. The molecule has 0 aliphatic heterocycles. The van der Waals surface area contributed by atoms with E-state index in [0.29, 0.717) is 17.2 Å². The molecule has 0 spiro atoms. The first kappa shape index (κ1) is 30.7. The Morgan fingerprint density at radius 3 is 0.643 bits per heavy atom. The fraction of sp³-hybridized carbons (Fsp3) is 0.385. The highest BCUT2D eigenvalue weighted by Crippen LogP contribution is 2.35. The third-order valence-corrected chi connectivity index (χ3v) is 7.47. The van der Waals surface area contributed by atoms with Crippen LogP contribution in [-0.4, -0.2) is 21.3 Å². The largest absolute Gasteiger partial charge is 0.494 e. The van der Waals surface area contributed by atoms with Crippen molar-refractivity contribution in [3.05, 3.63) is 86.5 Å². The first-order valence-electron chi connectivity index (χ1n) is 14.3. The Bertz CT molecular complexity index is 1440. The minimum absolute atomic E-state index is 0.121. The number of hydrogen-bond acceptors (Lipinski definition) is 3. The molecule has 3 aromatic rings. The zero-order chi connectivity index (χ0) is 31.0. The van der Waals surface area contributed by atoms with Gasteiger partial charge in [0, 0.05) is 0 Å². The fourth-order valence-corrected chi connectivity index (χ4v) is 4.81. The quantitative estimate of drug-likeness (QED) is 0.238. The third-order valence-electron chi connectivity index (χ3n) is 7.47. The van der Waals surface area contributed by atoms with Crippen LogP contribution >= 0.6 is 0 Å². The number of rotatable bonds is 3. The average molecular weight is 559 g/mol. The van der Waals surface area contributed by atoms with Gasteiger partial charge in [-0.05, 0) is 69.3 Å². The van der Waals surface area contributed by atoms with Crippen molar-refractivity contribution in [2.45, 2.75) is 78.6 Å². The lowest BCUT2D eigenvalue weighted by molar-refractivity contribution is 0.411. The van der Waals surface area contributed by atoms with Crippen LogP contribution in [0.1, 0.15) is 112 Å². The Hall–Kier alpha value is -4.26. The molecule has 0 amide bonds. The lowest BCUT2D eigenvalue weighted by Crippen LogP contribution is -2.12. The van der Waals surface area contributed by atoms with Crippen molar-refractivity contribution in [3.63, 3.8) is 0 Å². The third kappa shape index (κ3) is 6.30. The van der Waals surface area contributed by atoms with Gasteiger partial charge >= 0.3 is 0 Å². The summed E-state index contributed by atoms with van der Waals surface area (Å²) in [5, 5.41) is 0. The van der Waals surface area contributed by atoms with E-state index in [0.717, 1.165) is 50.1 Å². The van der Waals surface area contributed by atoms with Gasteiger partial charge in [-0.3, -0.25) is 0 Å². The number of fused-ring (bicyclic) bond motifs is 6. The summed E-state index contributed by atoms with van der Waals surface area (Å²) in [6, 6.07) is 12.6. The van der Waals surface area contributed by atoms with E-state index in [-0.39, 0.29) is 16.2 Å². The van der Waals surface area contributed by atoms with Gasteiger partial charge in [-0.15, -0.1) is 0 Å². The molecule has 4 rings (SSSR count). The van der Waals surface area contributed by atoms with E-state index in [4.69, 9.17) is 14.2 Å². The van der Waals surface area contributed by atoms with E-state index in [1.54, 1.807) is 21.3 Å². The Labute approximate surface area is 253 Å². The first-order chi connectivity index (χ1) is 19.6. The highest BCUT2D eigenvalue weighted by molar-refractivity contribution is 5.68. The monoisotopic (exact) mass is 558 g/mol. The van der Waals surface area contributed by atoms with E-state index in [2.05, 4.69) is 134 Å². The van der Waals surface area contributed by atoms with Crippen molar-refractivity contribution < 1.29 is 14.2 Å². The van der Waals surface area contributed by atoms with Crippen LogP contribution in [0.5, 0.6) is 17.2 Å². The van der Waals surface area contributed by atoms with Gasteiger partial charge in [0.15, 0.2) is 0 Å². The summed E-state index contributed by atoms with van der Waals surface area (Å²) < 4.78 is 17.9. The van der Waals surface area contributed by atoms with Crippen molar-refractivity contribution in [2.24, 2.45) is 0 Å². The Morgan fingerprint density at radius 2 is 0.524 bits per heavy atom. The molecule has 1 aliphatic carbocycles. The molecule has 0 radical (unpaired) electrons. The number of hydrogen-bond donors (Lipinski definition) is 0. The van der Waals surface area contributed by atoms with E-state index in [1.807, 2.05) is 0 Å². The SMILES string of the molecule is COc1c2cc(C(C)(C)C)cc1C#Cc1cc(C(C)(C)C)cc(c1OC)C#Cc1cc(C(C)(C)C)cc(c1OC)C#C2. The van der Waals surface area contributed by atoms with Crippen molar-refractivity contribution >= 4 is 0 Å². The zero-order valence-corrected chi connectivity index (χ0v) is 27.2. The summed E-state index contributed by atoms with van der Waals surface area (Å²) in [6.45, 7) is 19.7. The molecule has 216 valence electrons. The molecule has 0 fully saturated rings. The van der Waals surface area contributed by atoms with Gasteiger partial charge in [0.25, 0.3) is 0 Å². The smallest absolute Gasteiger partial charge is 0.150 e. The maximum atomic E-state index is 5.96. The number of ether oxygens (including phenoxy) is 3. The molecule has 0 heterocycles. The Kier molecular flexibility index (Phi) is 8.18. The van der Waals surface area contributed by atoms with Gasteiger partial charge in [0.05, 0.1) is 54.7 Å². The van der Waals surface area contributed by atoms with Gasteiger partial charge in [-0.2, -0.15) is 0 Å². The highest BCUT2D eigenvalue weighted by Gasteiger charge is 2.22. The Balaban J connectivity index is 2.25. The number of methoxy groups -OCH3 is 3. The minimum atomic E-state index is -0.121. The second-order valence-electron chi connectivity index (χ2n) is 13.8. The van der Waals surface area contributed by atoms with E-state index in [1.165, 1.54) is 0 Å². The van der Waals surface area contributed by atoms with Crippen molar-refractivity contribution in [3.8, 4) is 52.8 Å². The van der Waals surface area contributed by atoms with Crippen LogP contribution in [0.4, 0.5) is 0 Å². The van der Waals surface area contributed by atoms with Crippen LogP contribution in [0.3, 0.4) is 0 Å². The number of benzene rings is 3. The first-order valence-corrected chi connectivity index (χ1v) is 14.3. The molecule has 0 saturated heterocycles. The predicted octanol–water partition coefficient (Wildman–Crippen LogP) is 8.12. The zero-order valence-electron chi connectivity index (χ0n) is 27.2. The van der Waals surface area contributed by atoms with Gasteiger partial charge in [0.1, 0.15) is 17.2 Å². The summed E-state index contributed by atoms with van der Waals surface area (Å²) in [4.78, 5) is 0. The van der Waals surface area contributed by atoms with Crippen molar-refractivity contribution in [2.75, 3.05) is 21.3 Å². The van der Waals surface area contributed by atoms with Crippen LogP contribution in [-0.2, 0) is 16.2 Å². The van der Waals surface area contributed by atoms with Crippen LogP contribution < -0.4 is 14.2 Å². The second-order valence-corrected chi connectivity index (χ2v) is 13.8. The summed E-state index contributed by atoms with van der Waals surface area (Å²) in [5.41, 5.74) is 7.65. The summed E-state index contributed by atoms with van der Waals surface area (Å²) in [5.74, 6) is 22.4. The van der Waals surface area contributed by atoms with E-state index >= 15 is 0 Å². The van der Waals surface area contributed by atoms with Crippen LogP contribution in [0.15, 0.2) is 36.4 Å². The van der Waals surface area contributed by atoms with Gasteiger partial charge < -0.3 is 14.2 Å². The van der Waals surface area contributed by atoms with Gasteiger partial charge in [-0.1, -0.05) is 97.8 Å². The molecule has 42 heavy (non-hydrogen) atoms. The molecule has 3 heteroatoms.